The van der Waals surface area contributed by atoms with E-state index in [2.05, 4.69) is 20.8 Å². The second-order valence-corrected chi connectivity index (χ2v) is 10.4. The van der Waals surface area contributed by atoms with Gasteiger partial charge in [0.1, 0.15) is 6.10 Å². The zero-order valence-corrected chi connectivity index (χ0v) is 19.4. The Labute approximate surface area is 179 Å². The molecule has 1 spiro atoms. The first-order chi connectivity index (χ1) is 13.8. The van der Waals surface area contributed by atoms with E-state index in [0.717, 1.165) is 6.42 Å². The number of rotatable bonds is 2. The SMILES string of the molecule is C/C=C(/C)C(=O)O[C@H]1C(C)=CC23C(=O)[C@@H](C=C(C)[C@@H](O)[C@]12O)C(C)(C)[C@H](C)CC3C. The summed E-state index contributed by atoms with van der Waals surface area (Å²) < 4.78 is 5.76. The van der Waals surface area contributed by atoms with Crippen molar-refractivity contribution in [1.29, 1.82) is 0 Å². The molecule has 166 valence electrons. The first-order valence-electron chi connectivity index (χ1n) is 10.9. The van der Waals surface area contributed by atoms with Crippen molar-refractivity contribution in [2.45, 2.75) is 79.6 Å². The predicted octanol–water partition coefficient (Wildman–Crippen LogP) is 3.75. The fraction of sp³-hybridized carbons (Fsp3) is 0.680. The minimum Gasteiger partial charge on any atom is -0.451 e. The Hall–Kier alpha value is -1.72. The van der Waals surface area contributed by atoms with Gasteiger partial charge < -0.3 is 14.9 Å². The van der Waals surface area contributed by atoms with E-state index >= 15 is 0 Å². The van der Waals surface area contributed by atoms with Crippen LogP contribution in [-0.2, 0) is 14.3 Å². The number of carbonyl (C=O) groups excluding carboxylic acids is 2. The van der Waals surface area contributed by atoms with E-state index in [4.69, 9.17) is 4.74 Å². The van der Waals surface area contributed by atoms with Crippen LogP contribution in [0.5, 0.6) is 0 Å². The lowest BCUT2D eigenvalue weighted by molar-refractivity contribution is -0.200. The molecule has 0 aromatic heterocycles. The number of hydrogen-bond acceptors (Lipinski definition) is 5. The number of esters is 1. The third-order valence-electron chi connectivity index (χ3n) is 8.44. The molecule has 0 radical (unpaired) electrons. The molecule has 5 heteroatoms. The Kier molecular flexibility index (Phi) is 5.48. The molecule has 0 aromatic rings. The van der Waals surface area contributed by atoms with Crippen LogP contribution in [0.2, 0.25) is 0 Å². The summed E-state index contributed by atoms with van der Waals surface area (Å²) in [6, 6.07) is 0. The number of hydrogen-bond donors (Lipinski definition) is 2. The number of carbonyl (C=O) groups is 2. The van der Waals surface area contributed by atoms with E-state index in [1.54, 1.807) is 39.8 Å². The molecule has 30 heavy (non-hydrogen) atoms. The van der Waals surface area contributed by atoms with Crippen molar-refractivity contribution in [2.75, 3.05) is 0 Å². The van der Waals surface area contributed by atoms with Gasteiger partial charge in [0.05, 0.1) is 5.41 Å². The molecule has 7 atom stereocenters. The Morgan fingerprint density at radius 1 is 1.20 bits per heavy atom. The molecule has 0 aliphatic heterocycles. The second kappa shape index (κ2) is 7.16. The Balaban J connectivity index is 2.27. The largest absolute Gasteiger partial charge is 0.451 e. The van der Waals surface area contributed by atoms with Crippen LogP contribution in [-0.4, -0.2) is 39.8 Å². The van der Waals surface area contributed by atoms with E-state index in [-0.39, 0.29) is 23.0 Å². The van der Waals surface area contributed by atoms with Crippen molar-refractivity contribution in [3.63, 3.8) is 0 Å². The first kappa shape index (κ1) is 23.0. The van der Waals surface area contributed by atoms with Crippen molar-refractivity contribution in [2.24, 2.45) is 28.6 Å². The van der Waals surface area contributed by atoms with Crippen LogP contribution in [0.3, 0.4) is 0 Å². The summed E-state index contributed by atoms with van der Waals surface area (Å²) >= 11 is 0. The van der Waals surface area contributed by atoms with Crippen LogP contribution in [0, 0.1) is 28.6 Å². The molecule has 0 amide bonds. The number of allylic oxidation sites excluding steroid dienone is 2. The summed E-state index contributed by atoms with van der Waals surface area (Å²) in [5.74, 6) is -1.10. The molecule has 3 rings (SSSR count). The summed E-state index contributed by atoms with van der Waals surface area (Å²) in [5.41, 5.74) is -2.05. The molecule has 0 heterocycles. The van der Waals surface area contributed by atoms with Gasteiger partial charge in [0.25, 0.3) is 0 Å². The lowest BCUT2D eigenvalue weighted by atomic mass is 9.59. The summed E-state index contributed by atoms with van der Waals surface area (Å²) in [6.45, 7) is 15.2. The highest BCUT2D eigenvalue weighted by molar-refractivity contribution is 5.95. The van der Waals surface area contributed by atoms with Gasteiger partial charge in [-0.05, 0) is 62.5 Å². The average molecular weight is 417 g/mol. The zero-order chi connectivity index (χ0) is 22.8. The molecule has 2 bridgehead atoms. The zero-order valence-electron chi connectivity index (χ0n) is 19.4. The van der Waals surface area contributed by atoms with Gasteiger partial charge in [0, 0.05) is 11.5 Å². The van der Waals surface area contributed by atoms with Crippen molar-refractivity contribution in [3.05, 3.63) is 34.9 Å². The second-order valence-electron chi connectivity index (χ2n) is 10.4. The van der Waals surface area contributed by atoms with E-state index < -0.39 is 35.1 Å². The third-order valence-corrected chi connectivity index (χ3v) is 8.44. The lowest BCUT2D eigenvalue weighted by Crippen LogP contribution is -2.65. The standard InChI is InChI=1S/C25H36O5/c1-9-13(2)22(28)30-21-15(4)12-24-17(6)11-16(5)23(7,8)18(20(24)27)10-14(3)19(26)25(21,24)29/h9-10,12,16-19,21,26,29H,11H2,1-8H3/b13-9-/t16-,17?,18-,19-,21+,24?,25+/m1/s1. The number of aliphatic hydroxyl groups is 2. The highest BCUT2D eigenvalue weighted by Gasteiger charge is 2.72. The van der Waals surface area contributed by atoms with Crippen LogP contribution in [0.1, 0.15) is 61.8 Å². The lowest BCUT2D eigenvalue weighted by Gasteiger charge is -2.48. The van der Waals surface area contributed by atoms with Gasteiger partial charge in [0.2, 0.25) is 0 Å². The van der Waals surface area contributed by atoms with E-state index in [1.165, 1.54) is 0 Å². The van der Waals surface area contributed by atoms with Gasteiger partial charge >= 0.3 is 5.97 Å². The van der Waals surface area contributed by atoms with Crippen LogP contribution in [0.15, 0.2) is 34.9 Å². The van der Waals surface area contributed by atoms with Gasteiger partial charge in [0.15, 0.2) is 17.5 Å². The third kappa shape index (κ3) is 2.74. The van der Waals surface area contributed by atoms with Gasteiger partial charge in [-0.2, -0.15) is 0 Å². The summed E-state index contributed by atoms with van der Waals surface area (Å²) in [4.78, 5) is 26.8. The van der Waals surface area contributed by atoms with Gasteiger partial charge in [-0.15, -0.1) is 0 Å². The molecule has 3 aliphatic rings. The molecule has 1 fully saturated rings. The normalized spacial score (nSPS) is 43.2. The fourth-order valence-corrected chi connectivity index (χ4v) is 5.95. The molecule has 5 nitrogen and oxygen atoms in total. The Bertz CT molecular complexity index is 863. The topological polar surface area (TPSA) is 83.8 Å². The van der Waals surface area contributed by atoms with Gasteiger partial charge in [-0.3, -0.25) is 4.79 Å². The van der Waals surface area contributed by atoms with Gasteiger partial charge in [-0.1, -0.05) is 45.9 Å². The maximum Gasteiger partial charge on any atom is 0.334 e. The number of Topliss-reactive ketones (excluding diaryl/α,β-unsaturated/α-hetero) is 1. The van der Waals surface area contributed by atoms with Crippen molar-refractivity contribution in [3.8, 4) is 0 Å². The minimum atomic E-state index is -1.95. The van der Waals surface area contributed by atoms with Crippen molar-refractivity contribution >= 4 is 11.8 Å². The minimum absolute atomic E-state index is 0.0941. The van der Waals surface area contributed by atoms with Crippen LogP contribution in [0.25, 0.3) is 0 Å². The van der Waals surface area contributed by atoms with Crippen LogP contribution < -0.4 is 0 Å². The number of aliphatic hydroxyl groups excluding tert-OH is 1. The number of fused-ring (bicyclic) bond motifs is 1. The highest BCUT2D eigenvalue weighted by Crippen LogP contribution is 2.62. The Morgan fingerprint density at radius 3 is 2.37 bits per heavy atom. The maximum atomic E-state index is 14.2. The molecule has 2 N–H and O–H groups in total. The first-order valence-corrected chi connectivity index (χ1v) is 10.9. The molecule has 0 aromatic carbocycles. The summed E-state index contributed by atoms with van der Waals surface area (Å²) in [5, 5.41) is 23.6. The van der Waals surface area contributed by atoms with Crippen molar-refractivity contribution in [1.82, 2.24) is 0 Å². The summed E-state index contributed by atoms with van der Waals surface area (Å²) in [7, 11) is 0. The number of ether oxygens (including phenoxy) is 1. The quantitative estimate of drug-likeness (QED) is 0.407. The van der Waals surface area contributed by atoms with E-state index in [9.17, 15) is 19.8 Å². The molecule has 3 aliphatic carbocycles. The monoisotopic (exact) mass is 416 g/mol. The number of ketones is 1. The summed E-state index contributed by atoms with van der Waals surface area (Å²) in [6.07, 6.45) is 3.56. The van der Waals surface area contributed by atoms with Crippen LogP contribution >= 0.6 is 0 Å². The van der Waals surface area contributed by atoms with E-state index in [1.807, 2.05) is 13.0 Å². The molecular formula is C25H36O5. The Morgan fingerprint density at radius 2 is 1.80 bits per heavy atom. The predicted molar refractivity (Wildman–Crippen MR) is 115 cm³/mol. The van der Waals surface area contributed by atoms with Crippen molar-refractivity contribution < 1.29 is 24.5 Å². The van der Waals surface area contributed by atoms with Crippen LogP contribution in [0.4, 0.5) is 0 Å². The molecular weight excluding hydrogens is 380 g/mol. The van der Waals surface area contributed by atoms with Gasteiger partial charge in [-0.25, -0.2) is 4.79 Å². The van der Waals surface area contributed by atoms with E-state index in [0.29, 0.717) is 16.7 Å². The molecule has 2 unspecified atom stereocenters. The smallest absolute Gasteiger partial charge is 0.334 e. The molecule has 1 saturated carbocycles. The highest BCUT2D eigenvalue weighted by atomic mass is 16.6. The maximum absolute atomic E-state index is 14.2. The fourth-order valence-electron chi connectivity index (χ4n) is 5.95. The average Bonchev–Trinajstić information content (AvgIpc) is 2.86. The molecule has 0 saturated heterocycles.